The third-order valence-electron chi connectivity index (χ3n) is 3.73. The molecule has 1 aliphatic rings. The average molecular weight is 291 g/mol. The zero-order valence-corrected chi connectivity index (χ0v) is 13.9. The molecular weight excluding hydrogens is 262 g/mol. The molecule has 4 heteroatoms. The lowest BCUT2D eigenvalue weighted by Crippen LogP contribution is -2.41. The van der Waals surface area contributed by atoms with Gasteiger partial charge in [-0.2, -0.15) is 0 Å². The number of ether oxygens (including phenoxy) is 1. The summed E-state index contributed by atoms with van der Waals surface area (Å²) in [6.07, 6.45) is 1.46. The highest BCUT2D eigenvalue weighted by Crippen LogP contribution is 2.12. The van der Waals surface area contributed by atoms with Crippen molar-refractivity contribution in [1.82, 2.24) is 15.2 Å². The number of nitrogens with one attached hydrogen (secondary N) is 1. The summed E-state index contributed by atoms with van der Waals surface area (Å²) >= 11 is 0. The van der Waals surface area contributed by atoms with Gasteiger partial charge in [0.05, 0.1) is 24.1 Å². The van der Waals surface area contributed by atoms with E-state index in [1.54, 1.807) is 0 Å². The van der Waals surface area contributed by atoms with E-state index in [1.165, 1.54) is 0 Å². The van der Waals surface area contributed by atoms with E-state index in [1.807, 2.05) is 0 Å². The van der Waals surface area contributed by atoms with Gasteiger partial charge in [-0.3, -0.25) is 9.88 Å². The number of rotatable bonds is 5. The van der Waals surface area contributed by atoms with Gasteiger partial charge in [0, 0.05) is 31.7 Å². The molecular formula is C17H29N3O. The van der Waals surface area contributed by atoms with Crippen LogP contribution in [0.15, 0.2) is 18.2 Å². The van der Waals surface area contributed by atoms with E-state index < -0.39 is 0 Å². The fourth-order valence-corrected chi connectivity index (χ4v) is 2.47. The standard InChI is InChI=1S/C17H29N3O/c1-5-16-13-20(9-10-21-16)12-15-8-6-7-14(19-15)11-18-17(2,3)4/h6-8,16,18H,5,9-13H2,1-4H3. The number of nitrogens with zero attached hydrogens (tertiary/aromatic N) is 2. The minimum absolute atomic E-state index is 0.121. The number of pyridine rings is 1. The summed E-state index contributed by atoms with van der Waals surface area (Å²) in [5.74, 6) is 0. The predicted molar refractivity (Wildman–Crippen MR) is 86.1 cm³/mol. The normalized spacial score (nSPS) is 20.7. The van der Waals surface area contributed by atoms with Gasteiger partial charge in [-0.05, 0) is 39.3 Å². The van der Waals surface area contributed by atoms with Crippen molar-refractivity contribution in [3.63, 3.8) is 0 Å². The minimum atomic E-state index is 0.121. The summed E-state index contributed by atoms with van der Waals surface area (Å²) in [5, 5.41) is 3.49. The molecule has 21 heavy (non-hydrogen) atoms. The van der Waals surface area contributed by atoms with Crippen LogP contribution in [0.5, 0.6) is 0 Å². The van der Waals surface area contributed by atoms with Crippen LogP contribution in [0.2, 0.25) is 0 Å². The molecule has 0 saturated carbocycles. The molecule has 1 N–H and O–H groups in total. The Morgan fingerprint density at radius 2 is 2.10 bits per heavy atom. The van der Waals surface area contributed by atoms with Gasteiger partial charge in [0.1, 0.15) is 0 Å². The van der Waals surface area contributed by atoms with Crippen LogP contribution in [-0.4, -0.2) is 41.2 Å². The minimum Gasteiger partial charge on any atom is -0.376 e. The molecule has 0 spiro atoms. The molecule has 0 bridgehead atoms. The maximum absolute atomic E-state index is 5.72. The summed E-state index contributed by atoms with van der Waals surface area (Å²) in [6, 6.07) is 6.33. The van der Waals surface area contributed by atoms with Crippen molar-refractivity contribution in [3.05, 3.63) is 29.6 Å². The molecule has 0 amide bonds. The van der Waals surface area contributed by atoms with Crippen LogP contribution in [0.4, 0.5) is 0 Å². The van der Waals surface area contributed by atoms with Gasteiger partial charge in [0.2, 0.25) is 0 Å². The molecule has 1 saturated heterocycles. The molecule has 1 fully saturated rings. The quantitative estimate of drug-likeness (QED) is 0.905. The molecule has 1 aromatic heterocycles. The third kappa shape index (κ3) is 5.73. The molecule has 1 unspecified atom stereocenters. The Labute approximate surface area is 128 Å². The van der Waals surface area contributed by atoms with Gasteiger partial charge in [0.25, 0.3) is 0 Å². The van der Waals surface area contributed by atoms with Crippen molar-refractivity contribution in [2.45, 2.75) is 58.8 Å². The SMILES string of the molecule is CCC1CN(Cc2cccc(CNC(C)(C)C)n2)CCO1. The van der Waals surface area contributed by atoms with E-state index in [9.17, 15) is 0 Å². The summed E-state index contributed by atoms with van der Waals surface area (Å²) in [6.45, 7) is 13.3. The highest BCUT2D eigenvalue weighted by Gasteiger charge is 2.19. The Morgan fingerprint density at radius 1 is 1.33 bits per heavy atom. The van der Waals surface area contributed by atoms with E-state index >= 15 is 0 Å². The Bertz CT molecular complexity index is 442. The molecule has 2 heterocycles. The first-order chi connectivity index (χ1) is 9.96. The number of hydrogen-bond acceptors (Lipinski definition) is 4. The van der Waals surface area contributed by atoms with Crippen LogP contribution >= 0.6 is 0 Å². The summed E-state index contributed by atoms with van der Waals surface area (Å²) in [5.41, 5.74) is 2.39. The first-order valence-electron chi connectivity index (χ1n) is 8.00. The third-order valence-corrected chi connectivity index (χ3v) is 3.73. The Morgan fingerprint density at radius 3 is 2.81 bits per heavy atom. The van der Waals surface area contributed by atoms with Gasteiger partial charge in [0.15, 0.2) is 0 Å². The topological polar surface area (TPSA) is 37.4 Å². The number of hydrogen-bond donors (Lipinski definition) is 1. The van der Waals surface area contributed by atoms with Gasteiger partial charge < -0.3 is 10.1 Å². The van der Waals surface area contributed by atoms with Crippen LogP contribution in [0, 0.1) is 0 Å². The summed E-state index contributed by atoms with van der Waals surface area (Å²) in [7, 11) is 0. The number of aromatic nitrogens is 1. The average Bonchev–Trinajstić information content (AvgIpc) is 2.45. The molecule has 1 aliphatic heterocycles. The van der Waals surface area contributed by atoms with Crippen LogP contribution in [-0.2, 0) is 17.8 Å². The molecule has 2 rings (SSSR count). The highest BCUT2D eigenvalue weighted by atomic mass is 16.5. The lowest BCUT2D eigenvalue weighted by molar-refractivity contribution is -0.0328. The molecule has 4 nitrogen and oxygen atoms in total. The Kier molecular flexibility index (Phi) is 5.73. The van der Waals surface area contributed by atoms with Crippen LogP contribution in [0.1, 0.15) is 45.5 Å². The highest BCUT2D eigenvalue weighted by molar-refractivity contribution is 5.11. The number of morpholine rings is 1. The monoisotopic (exact) mass is 291 g/mol. The lowest BCUT2D eigenvalue weighted by Gasteiger charge is -2.32. The second-order valence-corrected chi connectivity index (χ2v) is 6.86. The Balaban J connectivity index is 1.91. The molecule has 0 radical (unpaired) electrons. The fraction of sp³-hybridized carbons (Fsp3) is 0.706. The van der Waals surface area contributed by atoms with Crippen molar-refractivity contribution < 1.29 is 4.74 Å². The van der Waals surface area contributed by atoms with Crippen molar-refractivity contribution in [2.75, 3.05) is 19.7 Å². The van der Waals surface area contributed by atoms with Gasteiger partial charge in [-0.15, -0.1) is 0 Å². The van der Waals surface area contributed by atoms with Crippen molar-refractivity contribution in [1.29, 1.82) is 0 Å². The molecule has 118 valence electrons. The molecule has 1 atom stereocenters. The molecule has 1 aromatic rings. The maximum Gasteiger partial charge on any atom is 0.0700 e. The molecule has 0 aromatic carbocycles. The Hall–Kier alpha value is -0.970. The van der Waals surface area contributed by atoms with Crippen molar-refractivity contribution >= 4 is 0 Å². The fourth-order valence-electron chi connectivity index (χ4n) is 2.47. The van der Waals surface area contributed by atoms with Crippen molar-refractivity contribution in [2.24, 2.45) is 0 Å². The zero-order chi connectivity index (χ0) is 15.3. The van der Waals surface area contributed by atoms with E-state index in [2.05, 4.69) is 56.1 Å². The van der Waals surface area contributed by atoms with Crippen LogP contribution < -0.4 is 5.32 Å². The largest absolute Gasteiger partial charge is 0.376 e. The zero-order valence-electron chi connectivity index (χ0n) is 13.9. The van der Waals surface area contributed by atoms with Crippen LogP contribution in [0.3, 0.4) is 0 Å². The second-order valence-electron chi connectivity index (χ2n) is 6.86. The summed E-state index contributed by atoms with van der Waals surface area (Å²) in [4.78, 5) is 7.22. The van der Waals surface area contributed by atoms with Crippen LogP contribution in [0.25, 0.3) is 0 Å². The second kappa shape index (κ2) is 7.34. The first kappa shape index (κ1) is 16.4. The lowest BCUT2D eigenvalue weighted by atomic mass is 10.1. The van der Waals surface area contributed by atoms with Gasteiger partial charge >= 0.3 is 0 Å². The van der Waals surface area contributed by atoms with Gasteiger partial charge in [-0.1, -0.05) is 13.0 Å². The summed E-state index contributed by atoms with van der Waals surface area (Å²) < 4.78 is 5.72. The predicted octanol–water partition coefficient (Wildman–Crippen LogP) is 2.58. The van der Waals surface area contributed by atoms with E-state index in [4.69, 9.17) is 9.72 Å². The molecule has 0 aliphatic carbocycles. The van der Waals surface area contributed by atoms with Crippen molar-refractivity contribution in [3.8, 4) is 0 Å². The van der Waals surface area contributed by atoms with Gasteiger partial charge in [-0.25, -0.2) is 0 Å². The first-order valence-corrected chi connectivity index (χ1v) is 8.00. The van der Waals surface area contributed by atoms with E-state index in [0.29, 0.717) is 6.10 Å². The van der Waals surface area contributed by atoms with E-state index in [-0.39, 0.29) is 5.54 Å². The van der Waals surface area contributed by atoms with E-state index in [0.717, 1.165) is 50.6 Å². The smallest absolute Gasteiger partial charge is 0.0700 e. The maximum atomic E-state index is 5.72.